The summed E-state index contributed by atoms with van der Waals surface area (Å²) in [6, 6.07) is 3.21. The van der Waals surface area contributed by atoms with Crippen LogP contribution in [0, 0.1) is 19.7 Å². The summed E-state index contributed by atoms with van der Waals surface area (Å²) in [6.07, 6.45) is 0. The molecule has 0 aliphatic carbocycles. The molecule has 0 spiro atoms. The van der Waals surface area contributed by atoms with Crippen molar-refractivity contribution in [3.63, 3.8) is 0 Å². The molecule has 8 heteroatoms. The van der Waals surface area contributed by atoms with E-state index in [4.69, 9.17) is 5.11 Å². The van der Waals surface area contributed by atoms with Gasteiger partial charge in [-0.25, -0.2) is 17.8 Å². The van der Waals surface area contributed by atoms with Crippen LogP contribution in [0.15, 0.2) is 23.1 Å². The Balaban J connectivity index is 2.42. The largest absolute Gasteiger partial charge is 0.392 e. The van der Waals surface area contributed by atoms with Gasteiger partial charge in [-0.2, -0.15) is 0 Å². The van der Waals surface area contributed by atoms with E-state index in [1.165, 1.54) is 17.4 Å². The van der Waals surface area contributed by atoms with E-state index in [-0.39, 0.29) is 15.6 Å². The molecule has 1 aromatic heterocycles. The summed E-state index contributed by atoms with van der Waals surface area (Å²) in [7, 11) is -3.98. The predicted octanol–water partition coefficient (Wildman–Crippen LogP) is 2.19. The number of aliphatic hydroxyl groups excluding tert-OH is 1. The van der Waals surface area contributed by atoms with Crippen molar-refractivity contribution < 1.29 is 17.9 Å². The number of sulfonamides is 1. The average Bonchev–Trinajstić information content (AvgIpc) is 2.67. The Labute approximate surface area is 120 Å². The molecule has 5 nitrogen and oxygen atoms in total. The molecule has 0 atom stereocenters. The van der Waals surface area contributed by atoms with Gasteiger partial charge in [0.15, 0.2) is 5.13 Å². The summed E-state index contributed by atoms with van der Waals surface area (Å²) >= 11 is 1.20. The topological polar surface area (TPSA) is 79.3 Å². The summed E-state index contributed by atoms with van der Waals surface area (Å²) in [5.41, 5.74) is 0.859. The molecule has 108 valence electrons. The number of aryl methyl sites for hydroxylation is 2. The minimum atomic E-state index is -3.98. The number of anilines is 1. The quantitative estimate of drug-likeness (QED) is 0.906. The molecule has 0 fully saturated rings. The van der Waals surface area contributed by atoms with Gasteiger partial charge in [0.25, 0.3) is 10.0 Å². The zero-order valence-corrected chi connectivity index (χ0v) is 12.5. The van der Waals surface area contributed by atoms with Gasteiger partial charge < -0.3 is 5.11 Å². The lowest BCUT2D eigenvalue weighted by atomic mass is 10.2. The van der Waals surface area contributed by atoms with Gasteiger partial charge in [0.05, 0.1) is 17.2 Å². The number of hydrogen-bond donors (Lipinski definition) is 2. The molecule has 2 rings (SSSR count). The molecule has 20 heavy (non-hydrogen) atoms. The maximum Gasteiger partial charge on any atom is 0.264 e. The highest BCUT2D eigenvalue weighted by molar-refractivity contribution is 7.93. The van der Waals surface area contributed by atoms with Crippen LogP contribution in [0.1, 0.15) is 16.1 Å². The SMILES string of the molecule is Cc1nc(NS(=O)(=O)c2cc(F)ccc2CO)sc1C. The van der Waals surface area contributed by atoms with Crippen LogP contribution in [-0.4, -0.2) is 18.5 Å². The van der Waals surface area contributed by atoms with Crippen LogP contribution in [0.3, 0.4) is 0 Å². The first-order valence-electron chi connectivity index (χ1n) is 5.69. The molecule has 0 aliphatic rings. The highest BCUT2D eigenvalue weighted by atomic mass is 32.2. The van der Waals surface area contributed by atoms with Crippen molar-refractivity contribution in [1.82, 2.24) is 4.98 Å². The first-order valence-corrected chi connectivity index (χ1v) is 7.99. The van der Waals surface area contributed by atoms with Gasteiger partial charge in [0, 0.05) is 4.88 Å². The molecule has 0 saturated carbocycles. The number of aromatic nitrogens is 1. The van der Waals surface area contributed by atoms with Crippen molar-refractivity contribution in [2.24, 2.45) is 0 Å². The van der Waals surface area contributed by atoms with Gasteiger partial charge in [-0.05, 0) is 31.5 Å². The number of benzene rings is 1. The zero-order chi connectivity index (χ0) is 14.9. The third-order valence-electron chi connectivity index (χ3n) is 2.74. The molecule has 0 radical (unpaired) electrons. The Morgan fingerprint density at radius 3 is 2.65 bits per heavy atom. The fourth-order valence-corrected chi connectivity index (χ4v) is 3.89. The van der Waals surface area contributed by atoms with Crippen LogP contribution in [0.2, 0.25) is 0 Å². The third-order valence-corrected chi connectivity index (χ3v) is 5.28. The molecule has 0 bridgehead atoms. The standard InChI is InChI=1S/C12H13FN2O3S2/c1-7-8(2)19-12(14-7)15-20(17,18)11-5-10(13)4-3-9(11)6-16/h3-5,16H,6H2,1-2H3,(H,14,15). The van der Waals surface area contributed by atoms with Crippen molar-refractivity contribution >= 4 is 26.5 Å². The number of rotatable bonds is 4. The van der Waals surface area contributed by atoms with E-state index in [0.717, 1.165) is 22.7 Å². The van der Waals surface area contributed by atoms with Crippen LogP contribution in [0.25, 0.3) is 0 Å². The Hall–Kier alpha value is -1.51. The molecular formula is C12H13FN2O3S2. The number of hydrogen-bond acceptors (Lipinski definition) is 5. The third kappa shape index (κ3) is 2.97. The highest BCUT2D eigenvalue weighted by Crippen LogP contribution is 2.25. The van der Waals surface area contributed by atoms with E-state index < -0.39 is 22.4 Å². The monoisotopic (exact) mass is 316 g/mol. The van der Waals surface area contributed by atoms with E-state index in [1.807, 2.05) is 6.92 Å². The fraction of sp³-hybridized carbons (Fsp3) is 0.250. The normalized spacial score (nSPS) is 11.6. The van der Waals surface area contributed by atoms with E-state index in [9.17, 15) is 12.8 Å². The molecule has 2 N–H and O–H groups in total. The summed E-state index contributed by atoms with van der Waals surface area (Å²) < 4.78 is 40.0. The van der Waals surface area contributed by atoms with Crippen molar-refractivity contribution in [2.75, 3.05) is 4.72 Å². The van der Waals surface area contributed by atoms with Crippen molar-refractivity contribution in [2.45, 2.75) is 25.3 Å². The molecular weight excluding hydrogens is 303 g/mol. The van der Waals surface area contributed by atoms with Crippen LogP contribution in [0.4, 0.5) is 9.52 Å². The van der Waals surface area contributed by atoms with E-state index in [1.54, 1.807) is 6.92 Å². The van der Waals surface area contributed by atoms with Gasteiger partial charge in [0.2, 0.25) is 0 Å². The molecule has 0 amide bonds. The minimum Gasteiger partial charge on any atom is -0.392 e. The number of nitrogens with zero attached hydrogens (tertiary/aromatic N) is 1. The van der Waals surface area contributed by atoms with Gasteiger partial charge in [-0.3, -0.25) is 4.72 Å². The van der Waals surface area contributed by atoms with Crippen LogP contribution >= 0.6 is 11.3 Å². The molecule has 1 heterocycles. The van der Waals surface area contributed by atoms with Crippen molar-refractivity contribution in [1.29, 1.82) is 0 Å². The van der Waals surface area contributed by atoms with Gasteiger partial charge in [-0.1, -0.05) is 6.07 Å². The first-order chi connectivity index (χ1) is 9.33. The Kier molecular flexibility index (Phi) is 4.07. The molecule has 1 aromatic carbocycles. The van der Waals surface area contributed by atoms with Crippen LogP contribution < -0.4 is 4.72 Å². The Bertz CT molecular complexity index is 722. The minimum absolute atomic E-state index is 0.129. The summed E-state index contributed by atoms with van der Waals surface area (Å²) in [5.74, 6) is -0.686. The van der Waals surface area contributed by atoms with Gasteiger partial charge >= 0.3 is 0 Å². The van der Waals surface area contributed by atoms with E-state index >= 15 is 0 Å². The van der Waals surface area contributed by atoms with Crippen LogP contribution in [0.5, 0.6) is 0 Å². The number of thiazole rings is 1. The van der Waals surface area contributed by atoms with Gasteiger partial charge in [-0.15, -0.1) is 11.3 Å². The maximum atomic E-state index is 13.2. The Morgan fingerprint density at radius 1 is 1.40 bits per heavy atom. The summed E-state index contributed by atoms with van der Waals surface area (Å²) in [5, 5.41) is 9.38. The Morgan fingerprint density at radius 2 is 2.10 bits per heavy atom. The predicted molar refractivity (Wildman–Crippen MR) is 74.7 cm³/mol. The molecule has 0 unspecified atom stereocenters. The summed E-state index contributed by atoms with van der Waals surface area (Å²) in [6.45, 7) is 3.10. The second-order valence-corrected chi connectivity index (χ2v) is 7.03. The second-order valence-electron chi connectivity index (χ2n) is 4.18. The van der Waals surface area contributed by atoms with Crippen molar-refractivity contribution in [3.8, 4) is 0 Å². The lowest BCUT2D eigenvalue weighted by Gasteiger charge is -2.09. The zero-order valence-electron chi connectivity index (χ0n) is 10.8. The molecule has 0 aliphatic heterocycles. The number of nitrogens with one attached hydrogen (secondary N) is 1. The molecule has 0 saturated heterocycles. The molecule has 2 aromatic rings. The van der Waals surface area contributed by atoms with Crippen molar-refractivity contribution in [3.05, 3.63) is 40.2 Å². The second kappa shape index (κ2) is 5.47. The van der Waals surface area contributed by atoms with E-state index in [2.05, 4.69) is 9.71 Å². The van der Waals surface area contributed by atoms with Gasteiger partial charge in [0.1, 0.15) is 5.82 Å². The average molecular weight is 316 g/mol. The highest BCUT2D eigenvalue weighted by Gasteiger charge is 2.21. The van der Waals surface area contributed by atoms with E-state index in [0.29, 0.717) is 0 Å². The smallest absolute Gasteiger partial charge is 0.264 e. The lowest BCUT2D eigenvalue weighted by molar-refractivity contribution is 0.278. The van der Waals surface area contributed by atoms with Crippen LogP contribution in [-0.2, 0) is 16.6 Å². The first kappa shape index (κ1) is 14.9. The number of aliphatic hydroxyl groups is 1. The maximum absolute atomic E-state index is 13.2. The summed E-state index contributed by atoms with van der Waals surface area (Å²) in [4.78, 5) is 4.68. The lowest BCUT2D eigenvalue weighted by Crippen LogP contribution is -2.15. The fourth-order valence-electron chi connectivity index (χ4n) is 1.60. The number of halogens is 1.